The Balaban J connectivity index is 2.16. The van der Waals surface area contributed by atoms with Gasteiger partial charge in [-0.3, -0.25) is 0 Å². The average Bonchev–Trinajstić information content (AvgIpc) is 2.41. The van der Waals surface area contributed by atoms with Gasteiger partial charge in [-0.2, -0.15) is 0 Å². The summed E-state index contributed by atoms with van der Waals surface area (Å²) in [5.41, 5.74) is 0.828. The van der Waals surface area contributed by atoms with E-state index < -0.39 is 15.8 Å². The van der Waals surface area contributed by atoms with Crippen LogP contribution >= 0.6 is 0 Å². The van der Waals surface area contributed by atoms with E-state index in [1.54, 1.807) is 12.1 Å². The minimum Gasteiger partial charge on any atom is -0.504 e. The van der Waals surface area contributed by atoms with Gasteiger partial charge < -0.3 is 10.2 Å². The number of hydrogen-bond donors (Lipinski definition) is 3. The van der Waals surface area contributed by atoms with E-state index in [1.165, 1.54) is 6.07 Å². The van der Waals surface area contributed by atoms with E-state index in [2.05, 4.69) is 4.72 Å². The highest BCUT2D eigenvalue weighted by atomic mass is 32.2. The second-order valence-corrected chi connectivity index (χ2v) is 5.73. The summed E-state index contributed by atoms with van der Waals surface area (Å²) in [4.78, 5) is -0.0984. The number of nitrogens with one attached hydrogen (secondary N) is 1. The summed E-state index contributed by atoms with van der Waals surface area (Å²) in [6.45, 7) is 0.158. The maximum atomic E-state index is 12.0. The fraction of sp³-hybridized carbons (Fsp3) is 0.0769. The number of phenols is 2. The molecule has 0 aliphatic carbocycles. The molecule has 100 valence electrons. The maximum Gasteiger partial charge on any atom is 0.241 e. The van der Waals surface area contributed by atoms with Crippen LogP contribution in [0.4, 0.5) is 0 Å². The van der Waals surface area contributed by atoms with Crippen molar-refractivity contribution in [3.63, 3.8) is 0 Å². The fourth-order valence-electron chi connectivity index (χ4n) is 1.53. The lowest BCUT2D eigenvalue weighted by molar-refractivity contribution is 0.402. The van der Waals surface area contributed by atoms with E-state index in [9.17, 15) is 13.5 Å². The fourth-order valence-corrected chi connectivity index (χ4v) is 2.57. The van der Waals surface area contributed by atoms with Gasteiger partial charge in [0.1, 0.15) is 0 Å². The Morgan fingerprint density at radius 2 is 1.63 bits per heavy atom. The largest absolute Gasteiger partial charge is 0.504 e. The second kappa shape index (κ2) is 5.29. The molecule has 0 unspecified atom stereocenters. The molecule has 0 bridgehead atoms. The smallest absolute Gasteiger partial charge is 0.241 e. The third kappa shape index (κ3) is 3.24. The van der Waals surface area contributed by atoms with Crippen LogP contribution in [0.5, 0.6) is 11.5 Å². The molecule has 0 atom stereocenters. The van der Waals surface area contributed by atoms with Gasteiger partial charge in [-0.1, -0.05) is 30.3 Å². The number of phenolic OH excluding ortho intramolecular Hbond substituents is 2. The monoisotopic (exact) mass is 279 g/mol. The first-order chi connectivity index (χ1) is 8.99. The summed E-state index contributed by atoms with van der Waals surface area (Å²) in [7, 11) is -3.72. The Bertz CT molecular complexity index is 668. The molecule has 0 aliphatic heterocycles. The summed E-state index contributed by atoms with van der Waals surface area (Å²) in [6, 6.07) is 12.4. The van der Waals surface area contributed by atoms with Gasteiger partial charge >= 0.3 is 0 Å². The maximum absolute atomic E-state index is 12.0. The standard InChI is InChI=1S/C13H13NO4S/c15-12-7-6-11(8-13(12)16)19(17,18)14-9-10-4-2-1-3-5-10/h1-8,14-16H,9H2. The molecule has 0 amide bonds. The van der Waals surface area contributed by atoms with Crippen LogP contribution in [0.25, 0.3) is 0 Å². The molecule has 2 rings (SSSR count). The molecule has 0 radical (unpaired) electrons. The molecule has 2 aromatic carbocycles. The van der Waals surface area contributed by atoms with Gasteiger partial charge in [0.2, 0.25) is 10.0 Å². The van der Waals surface area contributed by atoms with Gasteiger partial charge in [-0.05, 0) is 17.7 Å². The second-order valence-electron chi connectivity index (χ2n) is 3.96. The van der Waals surface area contributed by atoms with Crippen LogP contribution in [0.15, 0.2) is 53.4 Å². The van der Waals surface area contributed by atoms with Gasteiger partial charge in [0.25, 0.3) is 0 Å². The molecule has 0 fully saturated rings. The lowest BCUT2D eigenvalue weighted by atomic mass is 10.2. The molecule has 0 heterocycles. The number of hydrogen-bond acceptors (Lipinski definition) is 4. The predicted molar refractivity (Wildman–Crippen MR) is 70.2 cm³/mol. The average molecular weight is 279 g/mol. The van der Waals surface area contributed by atoms with E-state index in [4.69, 9.17) is 5.11 Å². The zero-order chi connectivity index (χ0) is 13.9. The first kappa shape index (κ1) is 13.4. The summed E-state index contributed by atoms with van der Waals surface area (Å²) in [5.74, 6) is -0.829. The number of benzene rings is 2. The minimum atomic E-state index is -3.72. The van der Waals surface area contributed by atoms with Crippen molar-refractivity contribution in [2.24, 2.45) is 0 Å². The highest BCUT2D eigenvalue weighted by molar-refractivity contribution is 7.89. The Labute approximate surface area is 111 Å². The molecule has 2 aromatic rings. The summed E-state index contributed by atoms with van der Waals surface area (Å²) < 4.78 is 26.3. The van der Waals surface area contributed by atoms with E-state index in [0.29, 0.717) is 0 Å². The van der Waals surface area contributed by atoms with Crippen molar-refractivity contribution in [3.8, 4) is 11.5 Å². The zero-order valence-electron chi connectivity index (χ0n) is 9.95. The Hall–Kier alpha value is -2.05. The molecule has 0 aliphatic rings. The van der Waals surface area contributed by atoms with Crippen molar-refractivity contribution in [3.05, 3.63) is 54.1 Å². The van der Waals surface area contributed by atoms with E-state index in [0.717, 1.165) is 17.7 Å². The summed E-state index contributed by atoms with van der Waals surface area (Å²) in [5, 5.41) is 18.5. The lowest BCUT2D eigenvalue weighted by Crippen LogP contribution is -2.23. The molecule has 0 saturated heterocycles. The van der Waals surface area contributed by atoms with Crippen molar-refractivity contribution in [2.75, 3.05) is 0 Å². The first-order valence-electron chi connectivity index (χ1n) is 5.54. The Kier molecular flexibility index (Phi) is 3.73. The highest BCUT2D eigenvalue weighted by Gasteiger charge is 2.15. The molecule has 6 heteroatoms. The number of aromatic hydroxyl groups is 2. The van der Waals surface area contributed by atoms with Gasteiger partial charge in [0.15, 0.2) is 11.5 Å². The van der Waals surface area contributed by atoms with Crippen LogP contribution in [0.3, 0.4) is 0 Å². The van der Waals surface area contributed by atoms with Gasteiger partial charge in [0.05, 0.1) is 4.90 Å². The van der Waals surface area contributed by atoms with E-state index >= 15 is 0 Å². The quantitative estimate of drug-likeness (QED) is 0.742. The third-order valence-corrected chi connectivity index (χ3v) is 3.97. The molecule has 0 aromatic heterocycles. The van der Waals surface area contributed by atoms with E-state index in [1.807, 2.05) is 18.2 Å². The van der Waals surface area contributed by atoms with Crippen molar-refractivity contribution >= 4 is 10.0 Å². The number of rotatable bonds is 4. The summed E-state index contributed by atoms with van der Waals surface area (Å²) in [6.07, 6.45) is 0. The lowest BCUT2D eigenvalue weighted by Gasteiger charge is -2.07. The van der Waals surface area contributed by atoms with Crippen molar-refractivity contribution in [1.29, 1.82) is 0 Å². The van der Waals surface area contributed by atoms with Crippen LogP contribution in [-0.4, -0.2) is 18.6 Å². The molecule has 0 spiro atoms. The zero-order valence-corrected chi connectivity index (χ0v) is 10.8. The molecular weight excluding hydrogens is 266 g/mol. The van der Waals surface area contributed by atoms with Crippen molar-refractivity contribution in [1.82, 2.24) is 4.72 Å². The SMILES string of the molecule is O=S(=O)(NCc1ccccc1)c1ccc(O)c(O)c1. The van der Waals surface area contributed by atoms with Gasteiger partial charge in [-0.15, -0.1) is 0 Å². The predicted octanol–water partition coefficient (Wildman–Crippen LogP) is 1.58. The highest BCUT2D eigenvalue weighted by Crippen LogP contribution is 2.26. The van der Waals surface area contributed by atoms with Gasteiger partial charge in [-0.25, -0.2) is 13.1 Å². The van der Waals surface area contributed by atoms with Gasteiger partial charge in [0, 0.05) is 12.6 Å². The van der Waals surface area contributed by atoms with Crippen molar-refractivity contribution < 1.29 is 18.6 Å². The Morgan fingerprint density at radius 3 is 2.26 bits per heavy atom. The molecule has 3 N–H and O–H groups in total. The van der Waals surface area contributed by atoms with Crippen molar-refractivity contribution in [2.45, 2.75) is 11.4 Å². The summed E-state index contributed by atoms with van der Waals surface area (Å²) >= 11 is 0. The molecular formula is C13H13NO4S. The first-order valence-corrected chi connectivity index (χ1v) is 7.03. The minimum absolute atomic E-state index is 0.0984. The molecule has 19 heavy (non-hydrogen) atoms. The third-order valence-electron chi connectivity index (χ3n) is 2.57. The van der Waals surface area contributed by atoms with Crippen LogP contribution < -0.4 is 4.72 Å². The Morgan fingerprint density at radius 1 is 0.947 bits per heavy atom. The van der Waals surface area contributed by atoms with Crippen LogP contribution in [0.1, 0.15) is 5.56 Å². The normalized spacial score (nSPS) is 11.4. The van der Waals surface area contributed by atoms with Crippen LogP contribution in [0, 0.1) is 0 Å². The van der Waals surface area contributed by atoms with E-state index in [-0.39, 0.29) is 17.2 Å². The number of sulfonamides is 1. The van der Waals surface area contributed by atoms with Crippen LogP contribution in [0.2, 0.25) is 0 Å². The molecule has 0 saturated carbocycles. The van der Waals surface area contributed by atoms with Crippen LogP contribution in [-0.2, 0) is 16.6 Å². The molecule has 5 nitrogen and oxygen atoms in total. The topological polar surface area (TPSA) is 86.6 Å².